The number of carboxylic acid groups (broad SMARTS) is 1. The summed E-state index contributed by atoms with van der Waals surface area (Å²) in [5.74, 6) is -2.03. The van der Waals surface area contributed by atoms with Gasteiger partial charge in [0, 0.05) is 12.4 Å². The third kappa shape index (κ3) is 3.90. The fourth-order valence-electron chi connectivity index (χ4n) is 1.89. The normalized spacial score (nSPS) is 25.3. The Morgan fingerprint density at radius 3 is 2.87 bits per heavy atom. The van der Waals surface area contributed by atoms with Crippen molar-refractivity contribution >= 4 is 11.9 Å². The Hall–Kier alpha value is -1.06. The Kier molecular flexibility index (Phi) is 4.59. The van der Waals surface area contributed by atoms with Crippen LogP contribution in [0.5, 0.6) is 0 Å². The van der Waals surface area contributed by atoms with Gasteiger partial charge in [0.1, 0.15) is 6.10 Å². The third-order valence-electron chi connectivity index (χ3n) is 2.71. The minimum atomic E-state index is -1.17. The highest BCUT2D eigenvalue weighted by molar-refractivity contribution is 5.79. The molecule has 0 spiro atoms. The molecule has 0 radical (unpaired) electrons. The van der Waals surface area contributed by atoms with Gasteiger partial charge in [-0.05, 0) is 19.3 Å². The van der Waals surface area contributed by atoms with Crippen molar-refractivity contribution < 1.29 is 19.4 Å². The van der Waals surface area contributed by atoms with E-state index in [-0.39, 0.29) is 18.5 Å². The van der Waals surface area contributed by atoms with Crippen LogP contribution >= 0.6 is 0 Å². The molecule has 86 valence electrons. The number of carboxylic acids is 1. The van der Waals surface area contributed by atoms with Gasteiger partial charge in [0.05, 0.1) is 5.92 Å². The zero-order chi connectivity index (χ0) is 11.3. The van der Waals surface area contributed by atoms with E-state index >= 15 is 0 Å². The summed E-state index contributed by atoms with van der Waals surface area (Å²) in [6.45, 7) is 2.11. The number of ether oxygens (including phenoxy) is 1. The van der Waals surface area contributed by atoms with Crippen molar-refractivity contribution in [1.82, 2.24) is 0 Å². The second-order valence-electron chi connectivity index (χ2n) is 4.06. The van der Waals surface area contributed by atoms with Crippen LogP contribution in [0.1, 0.15) is 45.4 Å². The minimum Gasteiger partial charge on any atom is -0.550 e. The third-order valence-corrected chi connectivity index (χ3v) is 2.71. The molecule has 1 saturated heterocycles. The Bertz CT molecular complexity index is 237. The number of aliphatic carboxylic acids is 1. The maximum absolute atomic E-state index is 11.2. The molecule has 2 atom stereocenters. The molecule has 0 bridgehead atoms. The van der Waals surface area contributed by atoms with Gasteiger partial charge in [-0.1, -0.05) is 19.8 Å². The summed E-state index contributed by atoms with van der Waals surface area (Å²) in [4.78, 5) is 21.6. The zero-order valence-electron chi connectivity index (χ0n) is 9.03. The number of cyclic esters (lactones) is 1. The lowest BCUT2D eigenvalue weighted by atomic mass is 9.99. The highest BCUT2D eigenvalue weighted by Crippen LogP contribution is 2.27. The van der Waals surface area contributed by atoms with Crippen LogP contribution in [-0.4, -0.2) is 18.0 Å². The molecule has 4 nitrogen and oxygen atoms in total. The van der Waals surface area contributed by atoms with Crippen molar-refractivity contribution in [1.29, 1.82) is 0 Å². The molecule has 15 heavy (non-hydrogen) atoms. The summed E-state index contributed by atoms with van der Waals surface area (Å²) >= 11 is 0. The van der Waals surface area contributed by atoms with Gasteiger partial charge in [0.15, 0.2) is 0 Å². The van der Waals surface area contributed by atoms with Crippen LogP contribution in [0.3, 0.4) is 0 Å². The van der Waals surface area contributed by atoms with Crippen molar-refractivity contribution in [3.05, 3.63) is 0 Å². The predicted molar refractivity (Wildman–Crippen MR) is 51.8 cm³/mol. The van der Waals surface area contributed by atoms with Gasteiger partial charge in [-0.2, -0.15) is 0 Å². The number of carbonyl (C=O) groups excluding carboxylic acids is 2. The Morgan fingerprint density at radius 1 is 1.53 bits per heavy atom. The number of rotatable bonds is 6. The molecule has 1 aliphatic rings. The summed E-state index contributed by atoms with van der Waals surface area (Å²) in [7, 11) is 0. The van der Waals surface area contributed by atoms with Gasteiger partial charge in [-0.3, -0.25) is 4.79 Å². The van der Waals surface area contributed by atoms with E-state index in [1.807, 2.05) is 0 Å². The van der Waals surface area contributed by atoms with E-state index < -0.39 is 11.9 Å². The monoisotopic (exact) mass is 213 g/mol. The van der Waals surface area contributed by atoms with E-state index in [4.69, 9.17) is 4.74 Å². The maximum Gasteiger partial charge on any atom is 0.309 e. The number of unbranched alkanes of at least 4 members (excludes halogenated alkanes) is 2. The van der Waals surface area contributed by atoms with Gasteiger partial charge in [0.25, 0.3) is 0 Å². The van der Waals surface area contributed by atoms with E-state index in [2.05, 4.69) is 6.92 Å². The van der Waals surface area contributed by atoms with E-state index in [9.17, 15) is 14.7 Å². The van der Waals surface area contributed by atoms with Crippen molar-refractivity contribution in [2.45, 2.75) is 51.6 Å². The standard InChI is InChI=1S/C11H18O4/c1-2-3-4-5-9-6-8(7-10(12)13)11(14)15-9/h8-9H,2-7H2,1H3,(H,12,13)/p-1/t8-,9-/m1/s1. The van der Waals surface area contributed by atoms with E-state index in [1.165, 1.54) is 0 Å². The Balaban J connectivity index is 2.28. The molecule has 0 aliphatic carbocycles. The molecule has 1 fully saturated rings. The molecule has 0 saturated carbocycles. The molecule has 0 aromatic rings. The fourth-order valence-corrected chi connectivity index (χ4v) is 1.89. The molecule has 0 N–H and O–H groups in total. The molecule has 0 amide bonds. The zero-order valence-corrected chi connectivity index (χ0v) is 9.03. The van der Waals surface area contributed by atoms with Crippen LogP contribution in [-0.2, 0) is 14.3 Å². The first-order valence-corrected chi connectivity index (χ1v) is 5.53. The molecular formula is C11H17O4-. The molecule has 1 heterocycles. The number of hydrogen-bond donors (Lipinski definition) is 0. The van der Waals surface area contributed by atoms with Crippen LogP contribution < -0.4 is 5.11 Å². The average Bonchev–Trinajstić information content (AvgIpc) is 2.47. The minimum absolute atomic E-state index is 0.0756. The first-order chi connectivity index (χ1) is 7.13. The number of esters is 1. The van der Waals surface area contributed by atoms with Crippen molar-refractivity contribution in [3.8, 4) is 0 Å². The van der Waals surface area contributed by atoms with Crippen LogP contribution in [0.25, 0.3) is 0 Å². The largest absolute Gasteiger partial charge is 0.550 e. The summed E-state index contributed by atoms with van der Waals surface area (Å²) in [5, 5.41) is 10.3. The van der Waals surface area contributed by atoms with Gasteiger partial charge < -0.3 is 14.6 Å². The maximum atomic E-state index is 11.2. The molecule has 0 unspecified atom stereocenters. The highest BCUT2D eigenvalue weighted by Gasteiger charge is 2.33. The van der Waals surface area contributed by atoms with E-state index in [1.54, 1.807) is 0 Å². The number of hydrogen-bond acceptors (Lipinski definition) is 4. The second kappa shape index (κ2) is 5.73. The average molecular weight is 213 g/mol. The van der Waals surface area contributed by atoms with Crippen LogP contribution in [0.2, 0.25) is 0 Å². The first kappa shape index (κ1) is 12.0. The molecule has 4 heteroatoms. The first-order valence-electron chi connectivity index (χ1n) is 5.53. The van der Waals surface area contributed by atoms with Crippen LogP contribution in [0.15, 0.2) is 0 Å². The lowest BCUT2D eigenvalue weighted by molar-refractivity contribution is -0.306. The van der Waals surface area contributed by atoms with Crippen molar-refractivity contribution in [2.24, 2.45) is 5.92 Å². The van der Waals surface area contributed by atoms with Gasteiger partial charge in [-0.15, -0.1) is 0 Å². The van der Waals surface area contributed by atoms with Crippen LogP contribution in [0, 0.1) is 5.92 Å². The lowest BCUT2D eigenvalue weighted by Crippen LogP contribution is -2.26. The van der Waals surface area contributed by atoms with E-state index in [0.29, 0.717) is 6.42 Å². The van der Waals surface area contributed by atoms with Crippen molar-refractivity contribution in [2.75, 3.05) is 0 Å². The lowest BCUT2D eigenvalue weighted by Gasteiger charge is -2.07. The highest BCUT2D eigenvalue weighted by atomic mass is 16.6. The molecular weight excluding hydrogens is 196 g/mol. The SMILES string of the molecule is CCCCC[C@@H]1C[C@H](CC(=O)[O-])C(=O)O1. The topological polar surface area (TPSA) is 66.4 Å². The summed E-state index contributed by atoms with van der Waals surface area (Å²) < 4.78 is 5.09. The molecule has 1 aliphatic heterocycles. The van der Waals surface area contributed by atoms with E-state index in [0.717, 1.165) is 25.7 Å². The summed E-state index contributed by atoms with van der Waals surface area (Å²) in [6.07, 6.45) is 4.39. The quantitative estimate of drug-likeness (QED) is 0.479. The molecule has 1 rings (SSSR count). The number of carbonyl (C=O) groups is 2. The molecule has 0 aromatic carbocycles. The smallest absolute Gasteiger partial charge is 0.309 e. The van der Waals surface area contributed by atoms with Gasteiger partial charge in [-0.25, -0.2) is 0 Å². The molecule has 0 aromatic heterocycles. The Labute approximate surface area is 89.6 Å². The fraction of sp³-hybridized carbons (Fsp3) is 0.818. The summed E-state index contributed by atoms with van der Waals surface area (Å²) in [5.41, 5.74) is 0. The summed E-state index contributed by atoms with van der Waals surface area (Å²) in [6, 6.07) is 0. The van der Waals surface area contributed by atoms with Gasteiger partial charge in [0.2, 0.25) is 0 Å². The van der Waals surface area contributed by atoms with Crippen molar-refractivity contribution in [3.63, 3.8) is 0 Å². The predicted octanol–water partition coefficient (Wildman–Crippen LogP) is 0.638. The Morgan fingerprint density at radius 2 is 2.27 bits per heavy atom. The van der Waals surface area contributed by atoms with Gasteiger partial charge >= 0.3 is 5.97 Å². The second-order valence-corrected chi connectivity index (χ2v) is 4.06. The van der Waals surface area contributed by atoms with Crippen LogP contribution in [0.4, 0.5) is 0 Å².